The number of anilines is 2. The Hall–Kier alpha value is -3.56. The van der Waals surface area contributed by atoms with E-state index < -0.39 is 33.5 Å². The number of rotatable bonds is 8. The van der Waals surface area contributed by atoms with Crippen LogP contribution in [0.15, 0.2) is 42.0 Å². The molecule has 1 atom stereocenters. The zero-order valence-electron chi connectivity index (χ0n) is 21.0. The number of hydrogen-bond donors (Lipinski definition) is 3. The number of alkyl halides is 3. The first-order valence-electron chi connectivity index (χ1n) is 12.2. The van der Waals surface area contributed by atoms with E-state index >= 15 is 4.39 Å². The fourth-order valence-electron chi connectivity index (χ4n) is 4.43. The number of nitrogens with zero attached hydrogens (tertiary/aromatic N) is 3. The van der Waals surface area contributed by atoms with Gasteiger partial charge in [-0.15, -0.1) is 11.3 Å². The van der Waals surface area contributed by atoms with Crippen molar-refractivity contribution in [1.82, 2.24) is 20.3 Å². The van der Waals surface area contributed by atoms with Gasteiger partial charge in [0.15, 0.2) is 11.6 Å². The first kappa shape index (κ1) is 28.0. The lowest BCUT2D eigenvalue weighted by Crippen LogP contribution is -2.38. The van der Waals surface area contributed by atoms with Gasteiger partial charge in [0, 0.05) is 35.1 Å². The maximum Gasteiger partial charge on any atom is 0.404 e. The molecule has 1 saturated heterocycles. The molecule has 5 rings (SSSR count). The van der Waals surface area contributed by atoms with Crippen molar-refractivity contribution in [3.63, 3.8) is 0 Å². The molecule has 0 amide bonds. The number of benzene rings is 2. The summed E-state index contributed by atoms with van der Waals surface area (Å²) in [6.45, 7) is 3.11. The van der Waals surface area contributed by atoms with Crippen molar-refractivity contribution in [2.24, 2.45) is 0 Å². The van der Waals surface area contributed by atoms with Crippen molar-refractivity contribution in [2.75, 3.05) is 28.9 Å². The summed E-state index contributed by atoms with van der Waals surface area (Å²) in [5, 5.41) is 6.94. The van der Waals surface area contributed by atoms with Crippen LogP contribution in [0.25, 0.3) is 21.3 Å². The summed E-state index contributed by atoms with van der Waals surface area (Å²) in [5.74, 6) is -2.60. The summed E-state index contributed by atoms with van der Waals surface area (Å²) in [5.41, 5.74) is 1.36. The first-order valence-corrected chi connectivity index (χ1v) is 14.7. The summed E-state index contributed by atoms with van der Waals surface area (Å²) in [4.78, 5) is 13.7. The lowest BCUT2D eigenvalue weighted by molar-refractivity contribution is -0.106. The lowest BCUT2D eigenvalue weighted by atomic mass is 10.0. The van der Waals surface area contributed by atoms with Gasteiger partial charge in [0.05, 0.1) is 16.9 Å². The van der Waals surface area contributed by atoms with Gasteiger partial charge >= 0.3 is 6.18 Å². The fraction of sp³-hybridized carbons (Fsp3) is 0.320. The summed E-state index contributed by atoms with van der Waals surface area (Å²) >= 11 is 1.25. The van der Waals surface area contributed by atoms with E-state index in [0.717, 1.165) is 25.9 Å². The Bertz CT molecular complexity index is 1640. The minimum atomic E-state index is -5.00. The largest absolute Gasteiger partial charge is 0.436 e. The van der Waals surface area contributed by atoms with E-state index in [4.69, 9.17) is 4.74 Å². The van der Waals surface area contributed by atoms with Crippen molar-refractivity contribution < 1.29 is 30.7 Å². The lowest BCUT2D eigenvalue weighted by Gasteiger charge is -2.23. The highest BCUT2D eigenvalue weighted by Gasteiger charge is 2.36. The van der Waals surface area contributed by atoms with Crippen LogP contribution in [0.3, 0.4) is 0 Å². The van der Waals surface area contributed by atoms with Crippen molar-refractivity contribution in [2.45, 2.75) is 32.0 Å². The summed E-state index contributed by atoms with van der Waals surface area (Å²) in [6, 6.07) is 7.94. The van der Waals surface area contributed by atoms with E-state index in [1.165, 1.54) is 30.4 Å². The van der Waals surface area contributed by atoms with Crippen LogP contribution in [0.2, 0.25) is 0 Å². The summed E-state index contributed by atoms with van der Waals surface area (Å²) in [6.07, 6.45) is -1.38. The molecule has 3 N–H and O–H groups in total. The Kier molecular flexibility index (Phi) is 7.79. The zero-order chi connectivity index (χ0) is 28.5. The van der Waals surface area contributed by atoms with Crippen LogP contribution in [-0.4, -0.2) is 54.4 Å². The van der Waals surface area contributed by atoms with E-state index in [0.29, 0.717) is 16.5 Å². The average molecular weight is 597 g/mol. The van der Waals surface area contributed by atoms with E-state index in [1.54, 1.807) is 34.6 Å². The molecule has 2 aromatic carbocycles. The summed E-state index contributed by atoms with van der Waals surface area (Å²) < 4.78 is 86.1. The monoisotopic (exact) mass is 596 g/mol. The second-order valence-electron chi connectivity index (χ2n) is 9.21. The van der Waals surface area contributed by atoms with Crippen LogP contribution in [0.1, 0.15) is 18.4 Å². The molecular formula is C25H24F4N6O3S2. The Labute approximate surface area is 231 Å². The smallest absolute Gasteiger partial charge is 0.404 e. The predicted molar refractivity (Wildman–Crippen MR) is 145 cm³/mol. The van der Waals surface area contributed by atoms with Crippen molar-refractivity contribution in [1.29, 1.82) is 0 Å². The molecule has 0 saturated carbocycles. The second-order valence-corrected chi connectivity index (χ2v) is 11.8. The fourth-order valence-corrected chi connectivity index (χ4v) is 6.13. The molecule has 40 heavy (non-hydrogen) atoms. The Morgan fingerprint density at radius 1 is 1.18 bits per heavy atom. The number of halogens is 4. The van der Waals surface area contributed by atoms with Crippen LogP contribution in [-0.2, 0) is 10.0 Å². The third kappa shape index (κ3) is 6.26. The van der Waals surface area contributed by atoms with Crippen molar-refractivity contribution >= 4 is 43.8 Å². The SMILES string of the molecule is Cc1c(F)c(NS(=O)(=O)CC(F)(F)F)c2ccccc2c1Oc1ncsc1-c1ccnc(N[C@H]2CCCNC2)n1. The molecule has 0 bridgehead atoms. The van der Waals surface area contributed by atoms with Gasteiger partial charge < -0.3 is 15.4 Å². The number of thiazole rings is 1. The van der Waals surface area contributed by atoms with Crippen molar-refractivity contribution in [3.8, 4) is 22.2 Å². The number of hydrogen-bond acceptors (Lipinski definition) is 9. The van der Waals surface area contributed by atoms with Crippen LogP contribution in [0.5, 0.6) is 11.6 Å². The second kappa shape index (κ2) is 11.1. The van der Waals surface area contributed by atoms with E-state index in [-0.39, 0.29) is 34.0 Å². The highest BCUT2D eigenvalue weighted by molar-refractivity contribution is 7.92. The Balaban J connectivity index is 1.49. The summed E-state index contributed by atoms with van der Waals surface area (Å²) in [7, 11) is -4.93. The van der Waals surface area contributed by atoms with Gasteiger partial charge in [0.25, 0.3) is 0 Å². The van der Waals surface area contributed by atoms with Gasteiger partial charge in [-0.3, -0.25) is 4.72 Å². The maximum atomic E-state index is 15.5. The molecule has 1 aliphatic rings. The molecule has 1 aliphatic heterocycles. The molecule has 0 spiro atoms. The molecule has 9 nitrogen and oxygen atoms in total. The van der Waals surface area contributed by atoms with Gasteiger partial charge in [-0.05, 0) is 32.4 Å². The molecule has 15 heteroatoms. The molecule has 3 heterocycles. The van der Waals surface area contributed by atoms with Crippen LogP contribution in [0.4, 0.5) is 29.2 Å². The number of sulfonamides is 1. The number of fused-ring (bicyclic) bond motifs is 1. The van der Waals surface area contributed by atoms with Crippen molar-refractivity contribution in [3.05, 3.63) is 53.4 Å². The Morgan fingerprint density at radius 2 is 1.95 bits per heavy atom. The number of nitrogens with one attached hydrogen (secondary N) is 3. The molecule has 0 radical (unpaired) electrons. The standard InChI is InChI=1S/C25H24F4N6O3S2/c1-14-19(26)20(35-40(36,37)12-25(27,28)29)16-6-2-3-7-17(16)21(14)38-23-22(39-13-32-23)18-8-10-31-24(34-18)33-15-5-4-9-30-11-15/h2-3,6-8,10,13,15,30,35H,4-5,9,11-12H2,1H3,(H,31,33,34)/t15-/m0/s1. The molecular weight excluding hydrogens is 572 g/mol. The Morgan fingerprint density at radius 3 is 2.67 bits per heavy atom. The predicted octanol–water partition coefficient (Wildman–Crippen LogP) is 5.46. The van der Waals surface area contributed by atoms with Gasteiger partial charge in [-0.25, -0.2) is 27.8 Å². The molecule has 4 aromatic rings. The van der Waals surface area contributed by atoms with Gasteiger partial charge in [0.2, 0.25) is 21.9 Å². The highest BCUT2D eigenvalue weighted by atomic mass is 32.2. The first-order chi connectivity index (χ1) is 19.0. The molecule has 0 unspecified atom stereocenters. The zero-order valence-corrected chi connectivity index (χ0v) is 22.7. The third-order valence-electron chi connectivity index (χ3n) is 6.19. The highest BCUT2D eigenvalue weighted by Crippen LogP contribution is 2.43. The molecule has 1 fully saturated rings. The molecule has 212 valence electrons. The van der Waals surface area contributed by atoms with Gasteiger partial charge in [-0.2, -0.15) is 13.2 Å². The number of aromatic nitrogens is 3. The third-order valence-corrected chi connectivity index (χ3v) is 8.25. The minimum absolute atomic E-state index is 0.0257. The minimum Gasteiger partial charge on any atom is -0.436 e. The van der Waals surface area contributed by atoms with Crippen LogP contribution in [0, 0.1) is 12.7 Å². The van der Waals surface area contributed by atoms with Gasteiger partial charge in [0.1, 0.15) is 10.6 Å². The van der Waals surface area contributed by atoms with E-state index in [2.05, 4.69) is 25.6 Å². The quantitative estimate of drug-likeness (QED) is 0.230. The van der Waals surface area contributed by atoms with Crippen LogP contribution < -0.4 is 20.1 Å². The van der Waals surface area contributed by atoms with Crippen LogP contribution >= 0.6 is 11.3 Å². The topological polar surface area (TPSA) is 118 Å². The van der Waals surface area contributed by atoms with Gasteiger partial charge in [-0.1, -0.05) is 24.3 Å². The number of ether oxygens (including phenoxy) is 1. The average Bonchev–Trinajstić information content (AvgIpc) is 3.37. The van der Waals surface area contributed by atoms with E-state index in [1.807, 2.05) is 0 Å². The van der Waals surface area contributed by atoms with E-state index in [9.17, 15) is 21.6 Å². The normalized spacial score (nSPS) is 16.2. The molecule has 2 aromatic heterocycles. The number of piperidine rings is 1. The molecule has 0 aliphatic carbocycles. The maximum absolute atomic E-state index is 15.5.